The van der Waals surface area contributed by atoms with Gasteiger partial charge in [-0.1, -0.05) is 24.3 Å². The summed E-state index contributed by atoms with van der Waals surface area (Å²) in [4.78, 5) is 14.9. The normalized spacial score (nSPS) is 22.1. The van der Waals surface area contributed by atoms with Crippen LogP contribution in [0.25, 0.3) is 0 Å². The third-order valence-electron chi connectivity index (χ3n) is 4.85. The first-order valence-electron chi connectivity index (χ1n) is 8.63. The van der Waals surface area contributed by atoms with E-state index in [4.69, 9.17) is 0 Å². The molecule has 0 bridgehead atoms. The molecule has 1 fully saturated rings. The molecular weight excluding hydrogens is 274 g/mol. The molecule has 4 heteroatoms. The minimum absolute atomic E-state index is 0.0594. The quantitative estimate of drug-likeness (QED) is 0.811. The number of piperazine rings is 1. The van der Waals surface area contributed by atoms with Gasteiger partial charge in [0.05, 0.1) is 5.92 Å². The largest absolute Gasteiger partial charge is 0.356 e. The van der Waals surface area contributed by atoms with E-state index >= 15 is 0 Å². The van der Waals surface area contributed by atoms with Gasteiger partial charge in [-0.25, -0.2) is 0 Å². The number of rotatable bonds is 5. The second-order valence-electron chi connectivity index (χ2n) is 6.38. The average Bonchev–Trinajstić information content (AvgIpc) is 2.59. The van der Waals surface area contributed by atoms with Crippen molar-refractivity contribution in [1.29, 1.82) is 0 Å². The minimum Gasteiger partial charge on any atom is -0.356 e. The topological polar surface area (TPSA) is 44.4 Å². The molecular formula is C18H27N3O. The van der Waals surface area contributed by atoms with Gasteiger partial charge in [0.1, 0.15) is 0 Å². The van der Waals surface area contributed by atoms with Gasteiger partial charge in [0.2, 0.25) is 5.91 Å². The van der Waals surface area contributed by atoms with Crippen LogP contribution in [0.4, 0.5) is 0 Å². The molecule has 1 aromatic rings. The lowest BCUT2D eigenvalue weighted by Gasteiger charge is -2.27. The molecule has 0 spiro atoms. The Hall–Kier alpha value is -1.39. The summed E-state index contributed by atoms with van der Waals surface area (Å²) in [6.45, 7) is 6.31. The van der Waals surface area contributed by atoms with Gasteiger partial charge < -0.3 is 15.5 Å². The molecule has 22 heavy (non-hydrogen) atoms. The van der Waals surface area contributed by atoms with Crippen molar-refractivity contribution in [1.82, 2.24) is 15.5 Å². The van der Waals surface area contributed by atoms with E-state index in [1.54, 1.807) is 0 Å². The van der Waals surface area contributed by atoms with Gasteiger partial charge in [0, 0.05) is 32.7 Å². The lowest BCUT2D eigenvalue weighted by atomic mass is 9.82. The lowest BCUT2D eigenvalue weighted by Crippen LogP contribution is -2.44. The Bertz CT molecular complexity index is 497. The number of hydrogen-bond donors (Lipinski definition) is 2. The molecule has 1 atom stereocenters. The monoisotopic (exact) mass is 301 g/mol. The highest BCUT2D eigenvalue weighted by Crippen LogP contribution is 2.31. The van der Waals surface area contributed by atoms with Gasteiger partial charge in [-0.3, -0.25) is 4.79 Å². The van der Waals surface area contributed by atoms with Crippen LogP contribution in [0.3, 0.4) is 0 Å². The Morgan fingerprint density at radius 3 is 2.95 bits per heavy atom. The van der Waals surface area contributed by atoms with Gasteiger partial charge in [-0.15, -0.1) is 0 Å². The zero-order valence-corrected chi connectivity index (χ0v) is 13.3. The summed E-state index contributed by atoms with van der Waals surface area (Å²) in [6, 6.07) is 8.42. The van der Waals surface area contributed by atoms with Crippen LogP contribution in [0.2, 0.25) is 0 Å². The number of amides is 1. The molecule has 0 radical (unpaired) electrons. The molecule has 1 aliphatic carbocycles. The molecule has 1 unspecified atom stereocenters. The molecule has 1 heterocycles. The first kappa shape index (κ1) is 15.5. The van der Waals surface area contributed by atoms with Gasteiger partial charge in [-0.2, -0.15) is 0 Å². The van der Waals surface area contributed by atoms with Crippen molar-refractivity contribution in [3.05, 3.63) is 35.4 Å². The highest BCUT2D eigenvalue weighted by Gasteiger charge is 2.25. The van der Waals surface area contributed by atoms with Crippen LogP contribution in [-0.2, 0) is 11.2 Å². The van der Waals surface area contributed by atoms with Crippen molar-refractivity contribution in [2.75, 3.05) is 39.3 Å². The fourth-order valence-electron chi connectivity index (χ4n) is 3.60. The van der Waals surface area contributed by atoms with E-state index in [2.05, 4.69) is 39.8 Å². The van der Waals surface area contributed by atoms with Gasteiger partial charge in [0.25, 0.3) is 0 Å². The van der Waals surface area contributed by atoms with Crippen LogP contribution < -0.4 is 10.6 Å². The van der Waals surface area contributed by atoms with Crippen LogP contribution >= 0.6 is 0 Å². The maximum atomic E-state index is 12.5. The maximum absolute atomic E-state index is 12.5. The Labute approximate surface area is 133 Å². The number of hydrogen-bond acceptors (Lipinski definition) is 3. The van der Waals surface area contributed by atoms with Crippen molar-refractivity contribution in [2.24, 2.45) is 0 Å². The van der Waals surface area contributed by atoms with Crippen molar-refractivity contribution < 1.29 is 4.79 Å². The molecule has 1 aliphatic heterocycles. The highest BCUT2D eigenvalue weighted by molar-refractivity contribution is 5.84. The number of fused-ring (bicyclic) bond motifs is 1. The first-order valence-corrected chi connectivity index (χ1v) is 8.63. The number of nitrogens with one attached hydrogen (secondary N) is 2. The number of benzene rings is 1. The van der Waals surface area contributed by atoms with E-state index in [0.717, 1.165) is 65.0 Å². The van der Waals surface area contributed by atoms with Crippen molar-refractivity contribution in [2.45, 2.75) is 31.6 Å². The van der Waals surface area contributed by atoms with Crippen molar-refractivity contribution in [3.8, 4) is 0 Å². The summed E-state index contributed by atoms with van der Waals surface area (Å²) in [6.07, 6.45) is 4.26. The first-order chi connectivity index (χ1) is 10.8. The van der Waals surface area contributed by atoms with E-state index in [9.17, 15) is 4.79 Å². The third-order valence-corrected chi connectivity index (χ3v) is 4.85. The molecule has 1 aromatic carbocycles. The molecule has 3 rings (SSSR count). The predicted molar refractivity (Wildman–Crippen MR) is 89.1 cm³/mol. The third kappa shape index (κ3) is 3.87. The van der Waals surface area contributed by atoms with Crippen LogP contribution in [0, 0.1) is 0 Å². The van der Waals surface area contributed by atoms with Crippen LogP contribution in [0.15, 0.2) is 24.3 Å². The Morgan fingerprint density at radius 2 is 2.09 bits per heavy atom. The van der Waals surface area contributed by atoms with Crippen LogP contribution in [0.5, 0.6) is 0 Å². The van der Waals surface area contributed by atoms with E-state index in [1.807, 2.05) is 0 Å². The van der Waals surface area contributed by atoms with E-state index < -0.39 is 0 Å². The van der Waals surface area contributed by atoms with Gasteiger partial charge in [0.15, 0.2) is 0 Å². The van der Waals surface area contributed by atoms with Crippen molar-refractivity contribution >= 4 is 5.91 Å². The maximum Gasteiger partial charge on any atom is 0.227 e. The smallest absolute Gasteiger partial charge is 0.227 e. The van der Waals surface area contributed by atoms with E-state index in [0.29, 0.717) is 0 Å². The molecule has 0 saturated carbocycles. The number of nitrogens with zero attached hydrogens (tertiary/aromatic N) is 1. The van der Waals surface area contributed by atoms with Gasteiger partial charge in [-0.05, 0) is 43.4 Å². The molecule has 4 nitrogen and oxygen atoms in total. The standard InChI is InChI=1S/C18H27N3O/c22-18(20-9-4-12-21-13-10-19-11-14-21)17-8-3-6-15-5-1-2-7-16(15)17/h1-2,5,7,17,19H,3-4,6,8-14H2,(H,20,22). The van der Waals surface area contributed by atoms with Gasteiger partial charge >= 0.3 is 0 Å². The summed E-state index contributed by atoms with van der Waals surface area (Å²) < 4.78 is 0. The summed E-state index contributed by atoms with van der Waals surface area (Å²) in [7, 11) is 0. The Kier molecular flexibility index (Phi) is 5.46. The van der Waals surface area contributed by atoms with Crippen LogP contribution in [-0.4, -0.2) is 50.1 Å². The summed E-state index contributed by atoms with van der Waals surface area (Å²) in [5, 5.41) is 6.52. The number of carbonyl (C=O) groups is 1. The van der Waals surface area contributed by atoms with Crippen molar-refractivity contribution in [3.63, 3.8) is 0 Å². The fourth-order valence-corrected chi connectivity index (χ4v) is 3.60. The predicted octanol–water partition coefficient (Wildman–Crippen LogP) is 1.52. The molecule has 0 aromatic heterocycles. The molecule has 2 aliphatic rings. The van der Waals surface area contributed by atoms with E-state index in [1.165, 1.54) is 11.1 Å². The summed E-state index contributed by atoms with van der Waals surface area (Å²) >= 11 is 0. The Balaban J connectivity index is 1.44. The zero-order valence-electron chi connectivity index (χ0n) is 13.3. The number of aryl methyl sites for hydroxylation is 1. The zero-order chi connectivity index (χ0) is 15.2. The van der Waals surface area contributed by atoms with E-state index in [-0.39, 0.29) is 11.8 Å². The minimum atomic E-state index is 0.0594. The molecule has 1 amide bonds. The number of carbonyl (C=O) groups excluding carboxylic acids is 1. The van der Waals surface area contributed by atoms with Crippen LogP contribution in [0.1, 0.15) is 36.3 Å². The SMILES string of the molecule is O=C(NCCCN1CCNCC1)C1CCCc2ccccc21. The average molecular weight is 301 g/mol. The Morgan fingerprint density at radius 1 is 1.27 bits per heavy atom. The molecule has 2 N–H and O–H groups in total. The second kappa shape index (κ2) is 7.75. The lowest BCUT2D eigenvalue weighted by molar-refractivity contribution is -0.122. The highest BCUT2D eigenvalue weighted by atomic mass is 16.1. The second-order valence-corrected chi connectivity index (χ2v) is 6.38. The molecule has 120 valence electrons. The fraction of sp³-hybridized carbons (Fsp3) is 0.611. The molecule has 1 saturated heterocycles. The summed E-state index contributed by atoms with van der Waals surface area (Å²) in [5.74, 6) is 0.275. The summed E-state index contributed by atoms with van der Waals surface area (Å²) in [5.41, 5.74) is 2.60.